The van der Waals surface area contributed by atoms with E-state index in [0.29, 0.717) is 15.9 Å². The lowest BCUT2D eigenvalue weighted by molar-refractivity contribution is 0.586. The van der Waals surface area contributed by atoms with Crippen LogP contribution in [-0.2, 0) is 16.9 Å². The molecule has 4 heterocycles. The highest BCUT2D eigenvalue weighted by molar-refractivity contribution is 7.90. The average molecular weight is 368 g/mol. The number of thiophene rings is 1. The molecular weight excluding hydrogens is 354 g/mol. The minimum atomic E-state index is -1.32. The van der Waals surface area contributed by atoms with E-state index in [-0.39, 0.29) is 5.75 Å². The molecular formula is C14H14ClN5OS2. The Morgan fingerprint density at radius 3 is 2.91 bits per heavy atom. The fourth-order valence-electron chi connectivity index (χ4n) is 2.67. The van der Waals surface area contributed by atoms with Crippen LogP contribution in [0.2, 0.25) is 5.02 Å². The smallest absolute Gasteiger partial charge is 0.322 e. The molecule has 6 nitrogen and oxygen atoms in total. The van der Waals surface area contributed by atoms with Crippen molar-refractivity contribution in [3.05, 3.63) is 27.8 Å². The van der Waals surface area contributed by atoms with Crippen molar-refractivity contribution < 1.29 is 4.55 Å². The van der Waals surface area contributed by atoms with Crippen molar-refractivity contribution in [1.29, 1.82) is 0 Å². The third kappa shape index (κ3) is 2.91. The monoisotopic (exact) mass is 367 g/mol. The fraction of sp³-hybridized carbons (Fsp3) is 0.357. The normalized spacial score (nSPS) is 16.3. The maximum absolute atomic E-state index is 12.6. The quantitative estimate of drug-likeness (QED) is 0.717. The molecule has 9 heteroatoms. The summed E-state index contributed by atoms with van der Waals surface area (Å²) >= 11 is 6.69. The Kier molecular flexibility index (Phi) is 4.14. The van der Waals surface area contributed by atoms with Crippen molar-refractivity contribution in [2.24, 2.45) is 0 Å². The van der Waals surface area contributed by atoms with Crippen molar-refractivity contribution in [2.45, 2.75) is 23.8 Å². The third-order valence-corrected chi connectivity index (χ3v) is 6.12. The van der Waals surface area contributed by atoms with Gasteiger partial charge in [-0.25, -0.2) is 9.97 Å². The van der Waals surface area contributed by atoms with Crippen molar-refractivity contribution >= 4 is 51.0 Å². The molecule has 1 atom stereocenters. The second kappa shape index (κ2) is 6.27. The highest BCUT2D eigenvalue weighted by Crippen LogP contribution is 2.30. The Morgan fingerprint density at radius 2 is 2.13 bits per heavy atom. The lowest BCUT2D eigenvalue weighted by atomic mass is 10.4. The molecule has 1 aliphatic rings. The van der Waals surface area contributed by atoms with E-state index in [2.05, 4.69) is 24.8 Å². The summed E-state index contributed by atoms with van der Waals surface area (Å²) in [6.07, 6.45) is 3.78. The number of imidazole rings is 1. The lowest BCUT2D eigenvalue weighted by Crippen LogP contribution is -2.20. The van der Waals surface area contributed by atoms with Crippen LogP contribution in [0, 0.1) is 0 Å². The zero-order chi connectivity index (χ0) is 15.8. The first-order valence-electron chi connectivity index (χ1n) is 7.27. The second-order valence-corrected chi connectivity index (χ2v) is 7.84. The summed E-state index contributed by atoms with van der Waals surface area (Å²) in [5.41, 5.74) is 2.34. The Hall–Kier alpha value is -1.35. The van der Waals surface area contributed by atoms with E-state index in [1.54, 1.807) is 11.3 Å². The van der Waals surface area contributed by atoms with Gasteiger partial charge in [0.15, 0.2) is 11.6 Å². The van der Waals surface area contributed by atoms with Gasteiger partial charge in [0.05, 0.1) is 5.52 Å². The molecule has 3 aromatic rings. The number of aromatic nitrogens is 4. The van der Waals surface area contributed by atoms with E-state index in [9.17, 15) is 4.55 Å². The van der Waals surface area contributed by atoms with Crippen LogP contribution in [0.15, 0.2) is 22.2 Å². The van der Waals surface area contributed by atoms with Gasteiger partial charge in [-0.2, -0.15) is 4.98 Å². The number of halogens is 1. The summed E-state index contributed by atoms with van der Waals surface area (Å²) < 4.78 is 12.6. The van der Waals surface area contributed by atoms with Gasteiger partial charge in [0.2, 0.25) is 0 Å². The molecule has 4 rings (SSSR count). The number of aromatic amines is 1. The number of hydrogen-bond acceptors (Lipinski definition) is 6. The summed E-state index contributed by atoms with van der Waals surface area (Å²) in [7, 11) is 0. The van der Waals surface area contributed by atoms with Gasteiger partial charge in [-0.05, 0) is 12.8 Å². The van der Waals surface area contributed by atoms with E-state index in [1.807, 2.05) is 10.8 Å². The van der Waals surface area contributed by atoms with Crippen molar-refractivity contribution in [3.63, 3.8) is 0 Å². The minimum absolute atomic E-state index is 0.224. The molecule has 0 aliphatic carbocycles. The Labute approximate surface area is 145 Å². The SMILES string of the molecule is [O-][S+](Cc1ncnc(N2CCCC2)c1Cl)c1nc2cscc2[nH]1. The maximum atomic E-state index is 12.6. The Balaban J connectivity index is 1.58. The Bertz CT molecular complexity index is 801. The number of rotatable bonds is 4. The molecule has 1 saturated heterocycles. The van der Waals surface area contributed by atoms with Crippen molar-refractivity contribution in [2.75, 3.05) is 18.0 Å². The van der Waals surface area contributed by atoms with Gasteiger partial charge in [0.1, 0.15) is 22.6 Å². The van der Waals surface area contributed by atoms with Gasteiger partial charge in [-0.3, -0.25) is 4.98 Å². The van der Waals surface area contributed by atoms with Gasteiger partial charge in [0, 0.05) is 35.0 Å². The number of H-pyrrole nitrogens is 1. The van der Waals surface area contributed by atoms with Crippen LogP contribution >= 0.6 is 22.9 Å². The van der Waals surface area contributed by atoms with Gasteiger partial charge in [-0.15, -0.1) is 11.3 Å². The predicted octanol–water partition coefficient (Wildman–Crippen LogP) is 2.98. The molecule has 0 saturated carbocycles. The summed E-state index contributed by atoms with van der Waals surface area (Å²) in [6.45, 7) is 1.90. The largest absolute Gasteiger partial charge is 0.609 e. The molecule has 0 bridgehead atoms. The van der Waals surface area contributed by atoms with Crippen LogP contribution in [0.4, 0.5) is 5.82 Å². The molecule has 1 aliphatic heterocycles. The highest BCUT2D eigenvalue weighted by Gasteiger charge is 2.24. The van der Waals surface area contributed by atoms with E-state index >= 15 is 0 Å². The number of hydrogen-bond donors (Lipinski definition) is 1. The number of fused-ring (bicyclic) bond motifs is 1. The first-order valence-corrected chi connectivity index (χ1v) is 9.91. The standard InChI is InChI=1S/C14H14ClN5OS2/c15-12-11(16-8-17-13(12)20-3-1-2-4-20)7-23(21)14-18-9-5-22-6-10(9)19-14/h5-6,8H,1-4,7H2,(H,18,19). The summed E-state index contributed by atoms with van der Waals surface area (Å²) in [5.74, 6) is 0.966. The van der Waals surface area contributed by atoms with E-state index in [1.165, 1.54) is 6.33 Å². The molecule has 23 heavy (non-hydrogen) atoms. The lowest BCUT2D eigenvalue weighted by Gasteiger charge is -2.18. The van der Waals surface area contributed by atoms with Gasteiger partial charge in [-0.1, -0.05) is 11.6 Å². The van der Waals surface area contributed by atoms with Crippen LogP contribution in [0.5, 0.6) is 0 Å². The van der Waals surface area contributed by atoms with Crippen LogP contribution in [0.3, 0.4) is 0 Å². The topological polar surface area (TPSA) is 80.8 Å². The number of nitrogens with one attached hydrogen (secondary N) is 1. The Morgan fingerprint density at radius 1 is 1.30 bits per heavy atom. The van der Waals surface area contributed by atoms with E-state index in [4.69, 9.17) is 11.6 Å². The molecule has 0 spiro atoms. The molecule has 0 amide bonds. The molecule has 0 aromatic carbocycles. The maximum Gasteiger partial charge on any atom is 0.322 e. The summed E-state index contributed by atoms with van der Waals surface area (Å²) in [5, 5.41) is 4.83. The fourth-order valence-corrected chi connectivity index (χ4v) is 4.75. The third-order valence-electron chi connectivity index (χ3n) is 3.84. The molecule has 1 unspecified atom stereocenters. The number of nitrogens with zero attached hydrogens (tertiary/aromatic N) is 4. The first kappa shape index (κ1) is 15.2. The van der Waals surface area contributed by atoms with Gasteiger partial charge < -0.3 is 9.45 Å². The van der Waals surface area contributed by atoms with E-state index in [0.717, 1.165) is 42.8 Å². The first-order chi connectivity index (χ1) is 11.2. The second-order valence-electron chi connectivity index (χ2n) is 5.35. The molecule has 120 valence electrons. The van der Waals surface area contributed by atoms with Crippen molar-refractivity contribution in [3.8, 4) is 0 Å². The van der Waals surface area contributed by atoms with Crippen LogP contribution in [-0.4, -0.2) is 37.6 Å². The predicted molar refractivity (Wildman–Crippen MR) is 92.6 cm³/mol. The van der Waals surface area contributed by atoms with Crippen LogP contribution in [0.1, 0.15) is 18.5 Å². The van der Waals surface area contributed by atoms with Crippen LogP contribution < -0.4 is 4.90 Å². The zero-order valence-electron chi connectivity index (χ0n) is 12.2. The highest BCUT2D eigenvalue weighted by atomic mass is 35.5. The average Bonchev–Trinajstić information content (AvgIpc) is 3.25. The van der Waals surface area contributed by atoms with Crippen molar-refractivity contribution in [1.82, 2.24) is 19.9 Å². The molecule has 1 N–H and O–H groups in total. The van der Waals surface area contributed by atoms with Crippen LogP contribution in [0.25, 0.3) is 11.0 Å². The van der Waals surface area contributed by atoms with Gasteiger partial charge >= 0.3 is 5.16 Å². The molecule has 0 radical (unpaired) electrons. The van der Waals surface area contributed by atoms with E-state index < -0.39 is 11.2 Å². The molecule has 1 fully saturated rings. The minimum Gasteiger partial charge on any atom is -0.609 e. The zero-order valence-corrected chi connectivity index (χ0v) is 14.5. The van der Waals surface area contributed by atoms with Gasteiger partial charge in [0.25, 0.3) is 0 Å². The summed E-state index contributed by atoms with van der Waals surface area (Å²) in [4.78, 5) is 18.1. The number of anilines is 1. The summed E-state index contributed by atoms with van der Waals surface area (Å²) in [6, 6.07) is 0. The molecule has 3 aromatic heterocycles.